The average molecular weight is 485 g/mol. The standard InChI is InChI=1S/C19H18ClFN4O4S2/c1-29-19(26)15-14-8-11(24-31(2,27)28)9-25(14)17(18-22-5-6-30-18)23-16(15)12-4-3-10(21)7-13(12)20/h3-7,11,16,24H,8-9H2,1-2H3/t11-,16?/m1/s1. The van der Waals surface area contributed by atoms with Gasteiger partial charge in [-0.05, 0) is 12.1 Å². The molecule has 8 nitrogen and oxygen atoms in total. The van der Waals surface area contributed by atoms with Crippen LogP contribution in [0.25, 0.3) is 0 Å². The van der Waals surface area contributed by atoms with Crippen molar-refractivity contribution in [2.45, 2.75) is 18.5 Å². The van der Waals surface area contributed by atoms with Gasteiger partial charge in [0.2, 0.25) is 10.0 Å². The highest BCUT2D eigenvalue weighted by atomic mass is 35.5. The van der Waals surface area contributed by atoms with Crippen LogP contribution in [0.4, 0.5) is 4.39 Å². The number of ether oxygens (including phenoxy) is 1. The molecule has 0 amide bonds. The van der Waals surface area contributed by atoms with Gasteiger partial charge in [-0.15, -0.1) is 11.3 Å². The first kappa shape index (κ1) is 21.9. The minimum atomic E-state index is -3.47. The lowest BCUT2D eigenvalue weighted by Crippen LogP contribution is -2.39. The summed E-state index contributed by atoms with van der Waals surface area (Å²) >= 11 is 7.66. The number of sulfonamides is 1. The summed E-state index contributed by atoms with van der Waals surface area (Å²) in [5.41, 5.74) is 1.23. The molecule has 1 saturated heterocycles. The number of halogens is 2. The Balaban J connectivity index is 1.89. The maximum atomic E-state index is 13.7. The molecule has 2 aromatic rings. The highest BCUT2D eigenvalue weighted by molar-refractivity contribution is 7.88. The number of aliphatic imine (C=N–C) groups is 1. The van der Waals surface area contributed by atoms with E-state index in [0.29, 0.717) is 22.1 Å². The second-order valence-corrected chi connectivity index (χ2v) is 10.2. The number of carbonyl (C=O) groups is 1. The van der Waals surface area contributed by atoms with Crippen molar-refractivity contribution >= 4 is 44.8 Å². The summed E-state index contributed by atoms with van der Waals surface area (Å²) in [6, 6.07) is 2.55. The summed E-state index contributed by atoms with van der Waals surface area (Å²) < 4.78 is 44.9. The maximum absolute atomic E-state index is 13.7. The van der Waals surface area contributed by atoms with E-state index in [-0.39, 0.29) is 23.6 Å². The Morgan fingerprint density at radius 3 is 2.81 bits per heavy atom. The number of amidine groups is 1. The third-order valence-electron chi connectivity index (χ3n) is 4.93. The van der Waals surface area contributed by atoms with E-state index in [1.54, 1.807) is 16.5 Å². The topological polar surface area (TPSA) is 101 Å². The lowest BCUT2D eigenvalue weighted by atomic mass is 9.94. The van der Waals surface area contributed by atoms with E-state index in [0.717, 1.165) is 12.3 Å². The van der Waals surface area contributed by atoms with Crippen LogP contribution in [0.3, 0.4) is 0 Å². The average Bonchev–Trinajstić information content (AvgIpc) is 3.34. The first-order chi connectivity index (χ1) is 14.7. The number of hydrogen-bond donors (Lipinski definition) is 1. The van der Waals surface area contributed by atoms with Crippen LogP contribution < -0.4 is 4.72 Å². The van der Waals surface area contributed by atoms with Crippen molar-refractivity contribution in [1.29, 1.82) is 0 Å². The second kappa shape index (κ2) is 8.30. The van der Waals surface area contributed by atoms with Crippen molar-refractivity contribution in [3.63, 3.8) is 0 Å². The minimum Gasteiger partial charge on any atom is -0.466 e. The number of methoxy groups -OCH3 is 1. The van der Waals surface area contributed by atoms with E-state index >= 15 is 0 Å². The third-order valence-corrected chi connectivity index (χ3v) is 6.78. The summed E-state index contributed by atoms with van der Waals surface area (Å²) in [5, 5.41) is 2.51. The number of aromatic nitrogens is 1. The molecule has 2 atom stereocenters. The SMILES string of the molecule is COC(=O)C1=C2C[C@@H](NS(C)(=O)=O)CN2C(c2nccs2)=NC1c1ccc(F)cc1Cl. The lowest BCUT2D eigenvalue weighted by Gasteiger charge is -2.31. The minimum absolute atomic E-state index is 0.117. The lowest BCUT2D eigenvalue weighted by molar-refractivity contribution is -0.136. The van der Waals surface area contributed by atoms with Gasteiger partial charge in [0.1, 0.15) is 11.9 Å². The van der Waals surface area contributed by atoms with Crippen molar-refractivity contribution in [3.8, 4) is 0 Å². The second-order valence-electron chi connectivity index (χ2n) is 7.11. The predicted molar refractivity (Wildman–Crippen MR) is 115 cm³/mol. The number of rotatable bonds is 5. The highest BCUT2D eigenvalue weighted by Gasteiger charge is 2.43. The van der Waals surface area contributed by atoms with Crippen molar-refractivity contribution < 1.29 is 22.3 Å². The number of carbonyl (C=O) groups excluding carboxylic acids is 1. The van der Waals surface area contributed by atoms with E-state index in [4.69, 9.17) is 21.3 Å². The quantitative estimate of drug-likeness (QED) is 0.654. The number of nitrogens with one attached hydrogen (secondary N) is 1. The fourth-order valence-electron chi connectivity index (χ4n) is 3.80. The molecule has 1 N–H and O–H groups in total. The third kappa shape index (κ3) is 4.36. The van der Waals surface area contributed by atoms with Crippen LogP contribution in [0.5, 0.6) is 0 Å². The van der Waals surface area contributed by atoms with Gasteiger partial charge in [0.25, 0.3) is 0 Å². The van der Waals surface area contributed by atoms with Crippen LogP contribution in [0.15, 0.2) is 46.0 Å². The van der Waals surface area contributed by atoms with Gasteiger partial charge in [0.05, 0.1) is 18.9 Å². The van der Waals surface area contributed by atoms with Gasteiger partial charge in [-0.2, -0.15) is 0 Å². The molecule has 4 rings (SSSR count). The molecule has 0 spiro atoms. The summed E-state index contributed by atoms with van der Waals surface area (Å²) in [5.74, 6) is -0.644. The number of fused-ring (bicyclic) bond motifs is 1. The molecule has 0 saturated carbocycles. The molecule has 0 aliphatic carbocycles. The van der Waals surface area contributed by atoms with Gasteiger partial charge in [-0.1, -0.05) is 17.7 Å². The van der Waals surface area contributed by atoms with E-state index < -0.39 is 33.9 Å². The molecule has 164 valence electrons. The van der Waals surface area contributed by atoms with Crippen molar-refractivity contribution in [2.75, 3.05) is 19.9 Å². The van der Waals surface area contributed by atoms with Crippen LogP contribution >= 0.6 is 22.9 Å². The zero-order chi connectivity index (χ0) is 22.3. The predicted octanol–water partition coefficient (Wildman–Crippen LogP) is 2.49. The number of esters is 1. The fraction of sp³-hybridized carbons (Fsp3) is 0.316. The number of hydrogen-bond acceptors (Lipinski definition) is 8. The van der Waals surface area contributed by atoms with Gasteiger partial charge in [-0.3, -0.25) is 4.99 Å². The van der Waals surface area contributed by atoms with E-state index in [9.17, 15) is 17.6 Å². The van der Waals surface area contributed by atoms with Gasteiger partial charge in [-0.25, -0.2) is 27.3 Å². The van der Waals surface area contributed by atoms with E-state index in [1.807, 2.05) is 0 Å². The molecular formula is C19H18ClFN4O4S2. The molecule has 1 fully saturated rings. The molecule has 12 heteroatoms. The molecule has 0 bridgehead atoms. The maximum Gasteiger partial charge on any atom is 0.338 e. The Morgan fingerprint density at radius 2 is 2.19 bits per heavy atom. The fourth-order valence-corrected chi connectivity index (χ4v) is 5.47. The first-order valence-corrected chi connectivity index (χ1v) is 12.3. The van der Waals surface area contributed by atoms with Crippen LogP contribution in [0.1, 0.15) is 23.0 Å². The zero-order valence-corrected chi connectivity index (χ0v) is 18.9. The van der Waals surface area contributed by atoms with Crippen molar-refractivity contribution in [2.24, 2.45) is 4.99 Å². The normalized spacial score (nSPS) is 21.2. The molecule has 31 heavy (non-hydrogen) atoms. The molecule has 3 heterocycles. The van der Waals surface area contributed by atoms with E-state index in [2.05, 4.69) is 9.71 Å². The van der Waals surface area contributed by atoms with Crippen LogP contribution in [0.2, 0.25) is 5.02 Å². The Hall–Kier alpha value is -2.34. The number of thiazole rings is 1. The Kier molecular flexibility index (Phi) is 5.86. The molecule has 1 aromatic heterocycles. The zero-order valence-electron chi connectivity index (χ0n) is 16.5. The van der Waals surface area contributed by atoms with Gasteiger partial charge in [0, 0.05) is 46.9 Å². The van der Waals surface area contributed by atoms with Crippen molar-refractivity contribution in [1.82, 2.24) is 14.6 Å². The molecule has 2 aliphatic heterocycles. The summed E-state index contributed by atoms with van der Waals surface area (Å²) in [6.45, 7) is 0.269. The highest BCUT2D eigenvalue weighted by Crippen LogP contribution is 2.42. The molecule has 1 aromatic carbocycles. The first-order valence-electron chi connectivity index (χ1n) is 9.16. The van der Waals surface area contributed by atoms with Crippen molar-refractivity contribution in [3.05, 3.63) is 62.5 Å². The monoisotopic (exact) mass is 484 g/mol. The number of nitrogens with zero attached hydrogens (tertiary/aromatic N) is 3. The number of benzene rings is 1. The van der Waals surface area contributed by atoms with Gasteiger partial charge >= 0.3 is 5.97 Å². The smallest absolute Gasteiger partial charge is 0.338 e. The molecule has 1 unspecified atom stereocenters. The Labute approximate surface area is 187 Å². The summed E-state index contributed by atoms with van der Waals surface area (Å²) in [4.78, 5) is 23.7. The Bertz CT molecular complexity index is 1200. The Morgan fingerprint density at radius 1 is 1.42 bits per heavy atom. The van der Waals surface area contributed by atoms with E-state index in [1.165, 1.54) is 30.6 Å². The summed E-state index contributed by atoms with van der Waals surface area (Å²) in [6.07, 6.45) is 2.96. The summed E-state index contributed by atoms with van der Waals surface area (Å²) in [7, 11) is -2.22. The van der Waals surface area contributed by atoms with Crippen LogP contribution in [0, 0.1) is 5.82 Å². The van der Waals surface area contributed by atoms with Crippen LogP contribution in [-0.2, 0) is 19.6 Å². The van der Waals surface area contributed by atoms with Crippen LogP contribution in [-0.4, -0.2) is 56.1 Å². The largest absolute Gasteiger partial charge is 0.466 e. The molecule has 2 aliphatic rings. The molecular weight excluding hydrogens is 467 g/mol. The van der Waals surface area contributed by atoms with Gasteiger partial charge in [0.15, 0.2) is 10.8 Å². The molecule has 0 radical (unpaired) electrons. The van der Waals surface area contributed by atoms with Gasteiger partial charge < -0.3 is 9.64 Å².